The third kappa shape index (κ3) is 4.76. The van der Waals surface area contributed by atoms with Gasteiger partial charge in [0.25, 0.3) is 5.91 Å². The predicted octanol–water partition coefficient (Wildman–Crippen LogP) is 2.15. The van der Waals surface area contributed by atoms with E-state index in [1.807, 2.05) is 19.9 Å². The monoisotopic (exact) mass is 291 g/mol. The van der Waals surface area contributed by atoms with Gasteiger partial charge in [-0.15, -0.1) is 0 Å². The lowest BCUT2D eigenvalue weighted by Gasteiger charge is -2.14. The van der Waals surface area contributed by atoms with Crippen LogP contribution in [-0.4, -0.2) is 23.5 Å². The lowest BCUT2D eigenvalue weighted by atomic mass is 10.2. The van der Waals surface area contributed by atoms with E-state index in [0.717, 1.165) is 18.9 Å². The molecule has 0 radical (unpaired) electrons. The number of hydrogen-bond acceptors (Lipinski definition) is 5. The lowest BCUT2D eigenvalue weighted by Crippen LogP contribution is -2.37. The van der Waals surface area contributed by atoms with Gasteiger partial charge in [0, 0.05) is 12.1 Å². The molecule has 0 spiro atoms. The molecular formula is C14H17N3O4. The van der Waals surface area contributed by atoms with Gasteiger partial charge in [0.05, 0.1) is 16.6 Å². The molecule has 21 heavy (non-hydrogen) atoms. The zero-order chi connectivity index (χ0) is 15.8. The average molecular weight is 291 g/mol. The van der Waals surface area contributed by atoms with E-state index >= 15 is 0 Å². The number of nitrogens with one attached hydrogen (secondary N) is 1. The number of amides is 1. The van der Waals surface area contributed by atoms with Gasteiger partial charge in [-0.3, -0.25) is 14.9 Å². The molecule has 0 atom stereocenters. The van der Waals surface area contributed by atoms with Crippen molar-refractivity contribution in [1.82, 2.24) is 5.32 Å². The molecule has 0 fully saturated rings. The molecule has 0 unspecified atom stereocenters. The summed E-state index contributed by atoms with van der Waals surface area (Å²) in [5, 5.41) is 22.4. The lowest BCUT2D eigenvalue weighted by molar-refractivity contribution is -0.385. The zero-order valence-electron chi connectivity index (χ0n) is 12.0. The number of nitro groups is 1. The summed E-state index contributed by atoms with van der Waals surface area (Å²) in [5.41, 5.74) is -0.167. The molecule has 1 N–H and O–H groups in total. The normalized spacial score (nSPS) is 10.0. The maximum atomic E-state index is 11.7. The number of nitrogens with zero attached hydrogens (tertiary/aromatic N) is 2. The van der Waals surface area contributed by atoms with Gasteiger partial charge in [-0.05, 0) is 25.0 Å². The molecule has 112 valence electrons. The quantitative estimate of drug-likeness (QED) is 0.612. The van der Waals surface area contributed by atoms with Gasteiger partial charge in [0.2, 0.25) is 0 Å². The number of benzene rings is 1. The van der Waals surface area contributed by atoms with Gasteiger partial charge in [-0.25, -0.2) is 0 Å². The first kappa shape index (κ1) is 16.4. The Hall–Kier alpha value is -2.62. The smallest absolute Gasteiger partial charge is 0.312 e. The standard InChI is InChI=1S/C14H17N3O4/c1-3-11(4-2)16-14(18)9-21-13-6-5-10(8-15)7-12(13)17(19)20/h5-7,11H,3-4,9H2,1-2H3,(H,16,18). The molecular weight excluding hydrogens is 274 g/mol. The third-order valence-corrected chi connectivity index (χ3v) is 2.99. The summed E-state index contributed by atoms with van der Waals surface area (Å²) in [6, 6.07) is 5.73. The minimum absolute atomic E-state index is 0.0290. The molecule has 1 aromatic carbocycles. The summed E-state index contributed by atoms with van der Waals surface area (Å²) < 4.78 is 5.19. The fraction of sp³-hybridized carbons (Fsp3) is 0.429. The van der Waals surface area contributed by atoms with E-state index in [-0.39, 0.29) is 35.6 Å². The summed E-state index contributed by atoms with van der Waals surface area (Å²) >= 11 is 0. The Morgan fingerprint density at radius 3 is 2.67 bits per heavy atom. The fourth-order valence-corrected chi connectivity index (χ4v) is 1.76. The maximum absolute atomic E-state index is 11.7. The van der Waals surface area contributed by atoms with Crippen molar-refractivity contribution in [2.45, 2.75) is 32.7 Å². The molecule has 1 aromatic rings. The number of rotatable bonds is 7. The Balaban J connectivity index is 2.73. The minimum atomic E-state index is -0.644. The molecule has 0 heterocycles. The second-order valence-electron chi connectivity index (χ2n) is 4.42. The summed E-state index contributed by atoms with van der Waals surface area (Å²) in [7, 11) is 0. The van der Waals surface area contributed by atoms with Crippen LogP contribution in [0.1, 0.15) is 32.3 Å². The maximum Gasteiger partial charge on any atom is 0.312 e. The number of nitro benzene ring substituents is 1. The number of carbonyl (C=O) groups excluding carboxylic acids is 1. The van der Waals surface area contributed by atoms with E-state index < -0.39 is 4.92 Å². The number of ether oxygens (including phenoxy) is 1. The minimum Gasteiger partial charge on any atom is -0.477 e. The van der Waals surface area contributed by atoms with Crippen molar-refractivity contribution in [2.75, 3.05) is 6.61 Å². The number of nitriles is 1. The second kappa shape index (κ2) is 7.85. The van der Waals surface area contributed by atoms with Crippen LogP contribution < -0.4 is 10.1 Å². The highest BCUT2D eigenvalue weighted by atomic mass is 16.6. The van der Waals surface area contributed by atoms with Crippen molar-refractivity contribution < 1.29 is 14.5 Å². The fourth-order valence-electron chi connectivity index (χ4n) is 1.76. The van der Waals surface area contributed by atoms with Gasteiger partial charge in [0.1, 0.15) is 0 Å². The first-order valence-electron chi connectivity index (χ1n) is 6.62. The van der Waals surface area contributed by atoms with Gasteiger partial charge in [-0.1, -0.05) is 13.8 Å². The summed E-state index contributed by atoms with van der Waals surface area (Å²) in [6.45, 7) is 3.62. The summed E-state index contributed by atoms with van der Waals surface area (Å²) in [6.07, 6.45) is 1.61. The van der Waals surface area contributed by atoms with Gasteiger partial charge < -0.3 is 10.1 Å². The molecule has 1 amide bonds. The highest BCUT2D eigenvalue weighted by Crippen LogP contribution is 2.27. The molecule has 0 aliphatic carbocycles. The van der Waals surface area contributed by atoms with Crippen LogP contribution in [0.15, 0.2) is 18.2 Å². The van der Waals surface area contributed by atoms with E-state index in [4.69, 9.17) is 10.00 Å². The van der Waals surface area contributed by atoms with Crippen LogP contribution >= 0.6 is 0 Å². The van der Waals surface area contributed by atoms with E-state index in [1.54, 1.807) is 0 Å². The van der Waals surface area contributed by atoms with Crippen molar-refractivity contribution in [2.24, 2.45) is 0 Å². The summed E-state index contributed by atoms with van der Waals surface area (Å²) in [5.74, 6) is -0.360. The third-order valence-electron chi connectivity index (χ3n) is 2.99. The molecule has 0 saturated carbocycles. The molecule has 0 aromatic heterocycles. The zero-order valence-corrected chi connectivity index (χ0v) is 12.0. The number of carbonyl (C=O) groups is 1. The Morgan fingerprint density at radius 2 is 2.14 bits per heavy atom. The molecule has 0 aliphatic heterocycles. The summed E-state index contributed by atoms with van der Waals surface area (Å²) in [4.78, 5) is 22.0. The SMILES string of the molecule is CCC(CC)NC(=O)COc1ccc(C#N)cc1[N+](=O)[O-]. The highest BCUT2D eigenvalue weighted by Gasteiger charge is 2.17. The van der Waals surface area contributed by atoms with Crippen molar-refractivity contribution >= 4 is 11.6 Å². The first-order valence-corrected chi connectivity index (χ1v) is 6.62. The Morgan fingerprint density at radius 1 is 1.48 bits per heavy atom. The van der Waals surface area contributed by atoms with Crippen molar-refractivity contribution in [3.05, 3.63) is 33.9 Å². The van der Waals surface area contributed by atoms with Crippen LogP contribution in [0.3, 0.4) is 0 Å². The first-order chi connectivity index (χ1) is 10.0. The topological polar surface area (TPSA) is 105 Å². The molecule has 0 bridgehead atoms. The molecule has 0 saturated heterocycles. The van der Waals surface area contributed by atoms with Crippen molar-refractivity contribution in [1.29, 1.82) is 5.26 Å². The van der Waals surface area contributed by atoms with Crippen molar-refractivity contribution in [3.63, 3.8) is 0 Å². The van der Waals surface area contributed by atoms with Crippen LogP contribution in [0.25, 0.3) is 0 Å². The van der Waals surface area contributed by atoms with E-state index in [2.05, 4.69) is 5.32 Å². The Kier molecular flexibility index (Phi) is 6.14. The van der Waals surface area contributed by atoms with Crippen LogP contribution in [-0.2, 0) is 4.79 Å². The van der Waals surface area contributed by atoms with Gasteiger partial charge in [0.15, 0.2) is 12.4 Å². The van der Waals surface area contributed by atoms with Gasteiger partial charge in [-0.2, -0.15) is 5.26 Å². The molecule has 0 aliphatic rings. The largest absolute Gasteiger partial charge is 0.477 e. The van der Waals surface area contributed by atoms with Crippen LogP contribution in [0.4, 0.5) is 5.69 Å². The second-order valence-corrected chi connectivity index (χ2v) is 4.42. The van der Waals surface area contributed by atoms with Crippen LogP contribution in [0.5, 0.6) is 5.75 Å². The van der Waals surface area contributed by atoms with Crippen molar-refractivity contribution in [3.8, 4) is 11.8 Å². The Bertz CT molecular complexity index is 562. The molecule has 1 rings (SSSR count). The van der Waals surface area contributed by atoms with E-state index in [0.29, 0.717) is 0 Å². The predicted molar refractivity (Wildman–Crippen MR) is 75.8 cm³/mol. The van der Waals surface area contributed by atoms with Crippen LogP contribution in [0.2, 0.25) is 0 Å². The molecule has 7 nitrogen and oxygen atoms in total. The average Bonchev–Trinajstić information content (AvgIpc) is 2.50. The van der Waals surface area contributed by atoms with E-state index in [9.17, 15) is 14.9 Å². The van der Waals surface area contributed by atoms with E-state index in [1.165, 1.54) is 12.1 Å². The Labute approximate surface area is 122 Å². The highest BCUT2D eigenvalue weighted by molar-refractivity contribution is 5.78. The van der Waals surface area contributed by atoms with Gasteiger partial charge >= 0.3 is 5.69 Å². The van der Waals surface area contributed by atoms with Crippen LogP contribution in [0, 0.1) is 21.4 Å². The molecule has 7 heteroatoms. The number of hydrogen-bond donors (Lipinski definition) is 1.